The number of fused-ring (bicyclic) bond motifs is 1. The Morgan fingerprint density at radius 3 is 2.88 bits per heavy atom. The molecule has 3 aromatic rings. The molecule has 0 spiro atoms. The molecule has 0 N–H and O–H groups in total. The van der Waals surface area contributed by atoms with Crippen LogP contribution in [-0.2, 0) is 0 Å². The van der Waals surface area contributed by atoms with E-state index in [1.165, 1.54) is 4.88 Å². The molecule has 3 rings (SSSR count). The summed E-state index contributed by atoms with van der Waals surface area (Å²) in [5.41, 5.74) is 1.16. The molecule has 0 aromatic carbocycles. The second-order valence-electron chi connectivity index (χ2n) is 3.71. The van der Waals surface area contributed by atoms with E-state index in [-0.39, 0.29) is 0 Å². The van der Waals surface area contributed by atoms with E-state index in [0.717, 1.165) is 17.0 Å². The first-order valence-corrected chi connectivity index (χ1v) is 5.97. The fourth-order valence-electron chi connectivity index (χ4n) is 1.75. The largest absolute Gasteiger partial charge is 0.298 e. The lowest BCUT2D eigenvalue weighted by Crippen LogP contribution is -1.91. The Morgan fingerprint density at radius 1 is 1.29 bits per heavy atom. The molecule has 0 amide bonds. The second-order valence-corrected chi connectivity index (χ2v) is 5.00. The molecular weight excluding hydrogens is 234 g/mol. The van der Waals surface area contributed by atoms with Crippen LogP contribution in [-0.4, -0.2) is 20.9 Å². The van der Waals surface area contributed by atoms with Gasteiger partial charge in [-0.25, -0.2) is 0 Å². The first kappa shape index (κ1) is 10.2. The molecule has 0 aliphatic rings. The molecule has 0 aliphatic carbocycles. The zero-order valence-electron chi connectivity index (χ0n) is 9.12. The van der Waals surface area contributed by atoms with Gasteiger partial charge in [-0.15, -0.1) is 21.5 Å². The van der Waals surface area contributed by atoms with Crippen molar-refractivity contribution in [3.63, 3.8) is 0 Å². The van der Waals surface area contributed by atoms with Crippen LogP contribution in [0.25, 0.3) is 16.3 Å². The lowest BCUT2D eigenvalue weighted by Gasteiger charge is -1.97. The van der Waals surface area contributed by atoms with E-state index >= 15 is 0 Å². The summed E-state index contributed by atoms with van der Waals surface area (Å²) in [4.78, 5) is 13.2. The Labute approximate surface area is 102 Å². The number of hydrogen-bond donors (Lipinski definition) is 0. The highest BCUT2D eigenvalue weighted by Gasteiger charge is 2.11. The molecule has 0 atom stereocenters. The smallest absolute Gasteiger partial charge is 0.178 e. The number of carbonyl (C=O) groups is 1. The summed E-state index contributed by atoms with van der Waals surface area (Å²) in [5.74, 6) is 0.779. The van der Waals surface area contributed by atoms with Gasteiger partial charge in [0.25, 0.3) is 0 Å². The highest BCUT2D eigenvalue weighted by molar-refractivity contribution is 7.15. The third kappa shape index (κ3) is 1.55. The summed E-state index contributed by atoms with van der Waals surface area (Å²) >= 11 is 1.66. The van der Waals surface area contributed by atoms with Crippen LogP contribution in [0, 0.1) is 6.92 Å². The highest BCUT2D eigenvalue weighted by atomic mass is 32.1. The van der Waals surface area contributed by atoms with E-state index in [4.69, 9.17) is 0 Å². The van der Waals surface area contributed by atoms with Crippen molar-refractivity contribution in [3.8, 4) is 10.7 Å². The fourth-order valence-corrected chi connectivity index (χ4v) is 2.60. The number of rotatable bonds is 2. The van der Waals surface area contributed by atoms with Gasteiger partial charge in [-0.1, -0.05) is 0 Å². The van der Waals surface area contributed by atoms with Crippen molar-refractivity contribution in [2.24, 2.45) is 0 Å². The Hall–Kier alpha value is -2.01. The van der Waals surface area contributed by atoms with Crippen molar-refractivity contribution < 1.29 is 4.79 Å². The van der Waals surface area contributed by atoms with Crippen LogP contribution < -0.4 is 0 Å². The van der Waals surface area contributed by atoms with Crippen LogP contribution >= 0.6 is 11.3 Å². The molecule has 4 nitrogen and oxygen atoms in total. The zero-order valence-corrected chi connectivity index (χ0v) is 9.94. The molecule has 0 bridgehead atoms. The van der Waals surface area contributed by atoms with Gasteiger partial charge in [0, 0.05) is 11.1 Å². The van der Waals surface area contributed by atoms with Crippen molar-refractivity contribution in [1.29, 1.82) is 0 Å². The van der Waals surface area contributed by atoms with E-state index in [0.29, 0.717) is 11.2 Å². The first-order valence-electron chi connectivity index (χ1n) is 5.15. The topological polar surface area (TPSA) is 47.3 Å². The minimum absolute atomic E-state index is 0.555. The van der Waals surface area contributed by atoms with Gasteiger partial charge in [0.15, 0.2) is 17.8 Å². The van der Waals surface area contributed by atoms with Crippen molar-refractivity contribution in [1.82, 2.24) is 14.6 Å². The highest BCUT2D eigenvalue weighted by Crippen LogP contribution is 2.26. The maximum atomic E-state index is 10.9. The van der Waals surface area contributed by atoms with E-state index in [1.54, 1.807) is 17.4 Å². The predicted molar refractivity (Wildman–Crippen MR) is 66.4 cm³/mol. The Morgan fingerprint density at radius 2 is 2.18 bits per heavy atom. The average Bonchev–Trinajstić information content (AvgIpc) is 2.94. The molecule has 0 fully saturated rings. The molecule has 0 unspecified atom stereocenters. The van der Waals surface area contributed by atoms with Crippen molar-refractivity contribution >= 4 is 23.3 Å². The number of carbonyl (C=O) groups excluding carboxylic acids is 1. The average molecular weight is 243 g/mol. The molecule has 0 saturated carbocycles. The van der Waals surface area contributed by atoms with Crippen LogP contribution in [0.2, 0.25) is 0 Å². The maximum absolute atomic E-state index is 10.9. The molecule has 0 saturated heterocycles. The van der Waals surface area contributed by atoms with Gasteiger partial charge in [0.1, 0.15) is 0 Å². The summed E-state index contributed by atoms with van der Waals surface area (Å²) in [6, 6.07) is 7.62. The minimum Gasteiger partial charge on any atom is -0.298 e. The van der Waals surface area contributed by atoms with Crippen LogP contribution in [0.1, 0.15) is 15.2 Å². The molecule has 0 aliphatic heterocycles. The summed E-state index contributed by atoms with van der Waals surface area (Å²) in [7, 11) is 0. The van der Waals surface area contributed by atoms with Crippen LogP contribution in [0.4, 0.5) is 0 Å². The van der Waals surface area contributed by atoms with E-state index in [1.807, 2.05) is 35.7 Å². The molecular formula is C12H9N3OS. The van der Waals surface area contributed by atoms with Crippen molar-refractivity contribution in [3.05, 3.63) is 40.9 Å². The maximum Gasteiger partial charge on any atom is 0.178 e. The molecule has 17 heavy (non-hydrogen) atoms. The number of aldehydes is 1. The summed E-state index contributed by atoms with van der Waals surface area (Å²) < 4.78 is 1.84. The lowest BCUT2D eigenvalue weighted by molar-refractivity contribution is 0.112. The zero-order chi connectivity index (χ0) is 11.8. The van der Waals surface area contributed by atoms with Gasteiger partial charge >= 0.3 is 0 Å². The minimum atomic E-state index is 0.555. The normalized spacial score (nSPS) is 10.9. The van der Waals surface area contributed by atoms with E-state index < -0.39 is 0 Å². The van der Waals surface area contributed by atoms with Crippen LogP contribution in [0.5, 0.6) is 0 Å². The quantitative estimate of drug-likeness (QED) is 0.650. The lowest BCUT2D eigenvalue weighted by atomic mass is 10.3. The Balaban J connectivity index is 2.28. The van der Waals surface area contributed by atoms with Gasteiger partial charge in [-0.05, 0) is 31.2 Å². The second kappa shape index (κ2) is 3.78. The molecule has 3 heterocycles. The number of nitrogens with zero attached hydrogens (tertiary/aromatic N) is 3. The predicted octanol–water partition coefficient (Wildman–Crippen LogP) is 2.58. The van der Waals surface area contributed by atoms with Gasteiger partial charge in [0.2, 0.25) is 0 Å². The monoisotopic (exact) mass is 243 g/mol. The third-order valence-corrected chi connectivity index (χ3v) is 3.55. The van der Waals surface area contributed by atoms with E-state index in [2.05, 4.69) is 10.2 Å². The summed E-state index contributed by atoms with van der Waals surface area (Å²) in [5, 5.41) is 8.22. The Kier molecular flexibility index (Phi) is 2.26. The third-order valence-electron chi connectivity index (χ3n) is 2.55. The number of thiophene rings is 1. The van der Waals surface area contributed by atoms with Crippen LogP contribution in [0.3, 0.4) is 0 Å². The molecule has 3 aromatic heterocycles. The Bertz CT molecular complexity index is 699. The van der Waals surface area contributed by atoms with Gasteiger partial charge in [0.05, 0.1) is 10.4 Å². The van der Waals surface area contributed by atoms with Crippen LogP contribution in [0.15, 0.2) is 30.5 Å². The fraction of sp³-hybridized carbons (Fsp3) is 0.0833. The van der Waals surface area contributed by atoms with Gasteiger partial charge in [-0.2, -0.15) is 0 Å². The van der Waals surface area contributed by atoms with E-state index in [9.17, 15) is 4.79 Å². The standard InChI is InChI=1S/C12H9N3OS/c1-8-4-5-10(17-8)12-14-13-11-9(7-16)3-2-6-15(11)12/h2-7H,1H3. The van der Waals surface area contributed by atoms with Crippen molar-refractivity contribution in [2.75, 3.05) is 0 Å². The molecule has 0 radical (unpaired) electrons. The number of aryl methyl sites for hydroxylation is 1. The first-order chi connectivity index (χ1) is 8.29. The number of hydrogen-bond acceptors (Lipinski definition) is 4. The van der Waals surface area contributed by atoms with Gasteiger partial charge < -0.3 is 0 Å². The molecule has 5 heteroatoms. The summed E-state index contributed by atoms with van der Waals surface area (Å²) in [6.07, 6.45) is 2.67. The molecule has 84 valence electrons. The van der Waals surface area contributed by atoms with Crippen molar-refractivity contribution in [2.45, 2.75) is 6.92 Å². The number of pyridine rings is 1. The summed E-state index contributed by atoms with van der Waals surface area (Å²) in [6.45, 7) is 2.05. The SMILES string of the molecule is Cc1ccc(-c2nnc3c(C=O)cccn23)s1. The van der Waals surface area contributed by atoms with Gasteiger partial charge in [-0.3, -0.25) is 9.20 Å². The number of aromatic nitrogens is 3.